The fraction of sp³-hybridized carbons (Fsp3) is 0.455. The Kier molecular flexibility index (Phi) is 2.79. The van der Waals surface area contributed by atoms with E-state index < -0.39 is 0 Å². The van der Waals surface area contributed by atoms with Crippen molar-refractivity contribution in [1.29, 1.82) is 0 Å². The highest BCUT2D eigenvalue weighted by atomic mass is 79.9. The van der Waals surface area contributed by atoms with Crippen LogP contribution in [0.25, 0.3) is 0 Å². The molecule has 2 nitrogen and oxygen atoms in total. The number of halogens is 1. The van der Waals surface area contributed by atoms with E-state index in [9.17, 15) is 0 Å². The minimum Gasteiger partial charge on any atom is -0.374 e. The number of hydrogen-bond acceptors (Lipinski definition) is 2. The van der Waals surface area contributed by atoms with Crippen LogP contribution in [0.2, 0.25) is 0 Å². The van der Waals surface area contributed by atoms with Crippen LogP contribution in [0.15, 0.2) is 22.7 Å². The smallest absolute Gasteiger partial charge is 0.0411 e. The van der Waals surface area contributed by atoms with Crippen LogP contribution in [0.4, 0.5) is 5.69 Å². The molecule has 14 heavy (non-hydrogen) atoms. The fourth-order valence-corrected chi connectivity index (χ4v) is 2.52. The first-order valence-electron chi connectivity index (χ1n) is 4.93. The molecule has 1 heterocycles. The SMILES string of the molecule is CN1CC(CCN)c2ccc(Br)cc21. The van der Waals surface area contributed by atoms with Gasteiger partial charge in [-0.05, 0) is 30.7 Å². The predicted molar refractivity (Wildman–Crippen MR) is 63.8 cm³/mol. The maximum Gasteiger partial charge on any atom is 0.0411 e. The molecule has 0 spiro atoms. The minimum absolute atomic E-state index is 0.619. The van der Waals surface area contributed by atoms with Crippen molar-refractivity contribution in [2.75, 3.05) is 25.0 Å². The molecular weight excluding hydrogens is 240 g/mol. The number of nitrogens with two attached hydrogens (primary N) is 1. The van der Waals surface area contributed by atoms with Gasteiger partial charge in [0.1, 0.15) is 0 Å². The maximum absolute atomic E-state index is 5.61. The third-order valence-corrected chi connectivity index (χ3v) is 3.35. The number of benzene rings is 1. The molecule has 2 rings (SSSR count). The summed E-state index contributed by atoms with van der Waals surface area (Å²) in [5, 5.41) is 0. The van der Waals surface area contributed by atoms with Crippen molar-refractivity contribution in [2.24, 2.45) is 5.73 Å². The highest BCUT2D eigenvalue weighted by Crippen LogP contribution is 2.38. The highest BCUT2D eigenvalue weighted by Gasteiger charge is 2.25. The number of likely N-dealkylation sites (N-methyl/N-ethyl adjacent to an activating group) is 1. The van der Waals surface area contributed by atoms with E-state index in [1.54, 1.807) is 0 Å². The van der Waals surface area contributed by atoms with Gasteiger partial charge in [0, 0.05) is 29.7 Å². The van der Waals surface area contributed by atoms with Gasteiger partial charge >= 0.3 is 0 Å². The average molecular weight is 255 g/mol. The molecule has 2 N–H and O–H groups in total. The van der Waals surface area contributed by atoms with E-state index in [1.165, 1.54) is 11.3 Å². The summed E-state index contributed by atoms with van der Waals surface area (Å²) >= 11 is 3.50. The minimum atomic E-state index is 0.619. The third kappa shape index (κ3) is 1.66. The Labute approximate surface area is 93.2 Å². The standard InChI is InChI=1S/C11H15BrN2/c1-14-7-8(4-5-13)10-3-2-9(12)6-11(10)14/h2-3,6,8H,4-5,7,13H2,1H3. The lowest BCUT2D eigenvalue weighted by molar-refractivity contribution is 0.662. The van der Waals surface area contributed by atoms with Gasteiger partial charge in [0.25, 0.3) is 0 Å². The Balaban J connectivity index is 2.34. The second-order valence-corrected chi connectivity index (χ2v) is 4.77. The van der Waals surface area contributed by atoms with E-state index in [2.05, 4.69) is 46.1 Å². The Hall–Kier alpha value is -0.540. The number of nitrogens with zero attached hydrogens (tertiary/aromatic N) is 1. The molecule has 1 atom stereocenters. The zero-order valence-electron chi connectivity index (χ0n) is 8.33. The van der Waals surface area contributed by atoms with Gasteiger partial charge in [0.05, 0.1) is 0 Å². The van der Waals surface area contributed by atoms with E-state index >= 15 is 0 Å². The van der Waals surface area contributed by atoms with Crippen LogP contribution in [-0.4, -0.2) is 20.1 Å². The van der Waals surface area contributed by atoms with E-state index in [0.29, 0.717) is 5.92 Å². The Bertz CT molecular complexity index is 338. The van der Waals surface area contributed by atoms with Crippen molar-refractivity contribution < 1.29 is 0 Å². The molecule has 0 radical (unpaired) electrons. The van der Waals surface area contributed by atoms with Crippen LogP contribution >= 0.6 is 15.9 Å². The van der Waals surface area contributed by atoms with Crippen molar-refractivity contribution in [2.45, 2.75) is 12.3 Å². The molecule has 0 saturated carbocycles. The summed E-state index contributed by atoms with van der Waals surface area (Å²) in [6, 6.07) is 6.51. The molecular formula is C11H15BrN2. The van der Waals surface area contributed by atoms with Crippen LogP contribution < -0.4 is 10.6 Å². The van der Waals surface area contributed by atoms with Crippen LogP contribution in [0, 0.1) is 0 Å². The third-order valence-electron chi connectivity index (χ3n) is 2.85. The topological polar surface area (TPSA) is 29.3 Å². The molecule has 1 aliphatic rings. The lowest BCUT2D eigenvalue weighted by Crippen LogP contribution is -2.17. The van der Waals surface area contributed by atoms with E-state index in [0.717, 1.165) is 24.0 Å². The van der Waals surface area contributed by atoms with Crippen molar-refractivity contribution in [3.63, 3.8) is 0 Å². The summed E-state index contributed by atoms with van der Waals surface area (Å²) in [6.45, 7) is 1.87. The first kappa shape index (κ1) is 9.99. The Morgan fingerprint density at radius 1 is 1.57 bits per heavy atom. The highest BCUT2D eigenvalue weighted by molar-refractivity contribution is 9.10. The normalized spacial score (nSPS) is 19.9. The van der Waals surface area contributed by atoms with Crippen molar-refractivity contribution >= 4 is 21.6 Å². The lowest BCUT2D eigenvalue weighted by Gasteiger charge is -2.12. The number of anilines is 1. The zero-order chi connectivity index (χ0) is 10.1. The van der Waals surface area contributed by atoms with E-state index in [1.807, 2.05) is 0 Å². The largest absolute Gasteiger partial charge is 0.374 e. The molecule has 0 amide bonds. The average Bonchev–Trinajstić information content (AvgIpc) is 2.44. The predicted octanol–water partition coefficient (Wildman–Crippen LogP) is 2.33. The van der Waals surface area contributed by atoms with Crippen molar-refractivity contribution in [3.8, 4) is 0 Å². The summed E-state index contributed by atoms with van der Waals surface area (Å²) in [4.78, 5) is 2.31. The summed E-state index contributed by atoms with van der Waals surface area (Å²) in [7, 11) is 2.14. The van der Waals surface area contributed by atoms with Gasteiger partial charge in [-0.2, -0.15) is 0 Å². The van der Waals surface area contributed by atoms with Crippen LogP contribution in [0.1, 0.15) is 17.9 Å². The molecule has 76 valence electrons. The second-order valence-electron chi connectivity index (χ2n) is 3.86. The molecule has 1 aliphatic heterocycles. The molecule has 0 bridgehead atoms. The summed E-state index contributed by atoms with van der Waals surface area (Å²) < 4.78 is 1.15. The summed E-state index contributed by atoms with van der Waals surface area (Å²) in [6.07, 6.45) is 1.08. The number of hydrogen-bond donors (Lipinski definition) is 1. The van der Waals surface area contributed by atoms with Crippen LogP contribution in [0.5, 0.6) is 0 Å². The number of rotatable bonds is 2. The van der Waals surface area contributed by atoms with E-state index in [4.69, 9.17) is 5.73 Å². The molecule has 0 aromatic heterocycles. The van der Waals surface area contributed by atoms with Gasteiger partial charge in [-0.1, -0.05) is 22.0 Å². The van der Waals surface area contributed by atoms with E-state index in [-0.39, 0.29) is 0 Å². The zero-order valence-corrected chi connectivity index (χ0v) is 9.92. The van der Waals surface area contributed by atoms with Crippen LogP contribution in [0.3, 0.4) is 0 Å². The van der Waals surface area contributed by atoms with Crippen LogP contribution in [-0.2, 0) is 0 Å². The Morgan fingerprint density at radius 2 is 2.36 bits per heavy atom. The van der Waals surface area contributed by atoms with Crippen molar-refractivity contribution in [1.82, 2.24) is 0 Å². The molecule has 0 saturated heterocycles. The van der Waals surface area contributed by atoms with Crippen molar-refractivity contribution in [3.05, 3.63) is 28.2 Å². The molecule has 3 heteroatoms. The molecule has 1 aromatic rings. The summed E-state index contributed by atoms with van der Waals surface area (Å²) in [5.41, 5.74) is 8.40. The molecule has 0 fully saturated rings. The number of fused-ring (bicyclic) bond motifs is 1. The lowest BCUT2D eigenvalue weighted by atomic mass is 9.98. The quantitative estimate of drug-likeness (QED) is 0.878. The second kappa shape index (κ2) is 3.91. The first-order valence-corrected chi connectivity index (χ1v) is 5.72. The molecule has 1 unspecified atom stereocenters. The van der Waals surface area contributed by atoms with Gasteiger partial charge in [0.15, 0.2) is 0 Å². The summed E-state index contributed by atoms with van der Waals surface area (Å²) in [5.74, 6) is 0.619. The van der Waals surface area contributed by atoms with Gasteiger partial charge in [-0.3, -0.25) is 0 Å². The van der Waals surface area contributed by atoms with Gasteiger partial charge in [-0.25, -0.2) is 0 Å². The fourth-order valence-electron chi connectivity index (χ4n) is 2.17. The van der Waals surface area contributed by atoms with Gasteiger partial charge in [-0.15, -0.1) is 0 Å². The monoisotopic (exact) mass is 254 g/mol. The first-order chi connectivity index (χ1) is 6.72. The van der Waals surface area contributed by atoms with Gasteiger partial charge in [0.2, 0.25) is 0 Å². The molecule has 0 aliphatic carbocycles. The molecule has 1 aromatic carbocycles. The maximum atomic E-state index is 5.61. The van der Waals surface area contributed by atoms with Gasteiger partial charge < -0.3 is 10.6 Å². The Morgan fingerprint density at radius 3 is 3.07 bits per heavy atom.